The summed E-state index contributed by atoms with van der Waals surface area (Å²) in [5.74, 6) is 0.875. The number of hydrogen-bond donors (Lipinski definition) is 3. The number of aromatic nitrogens is 5. The second-order valence-electron chi connectivity index (χ2n) is 6.54. The van der Waals surface area contributed by atoms with E-state index in [2.05, 4.69) is 25.8 Å². The summed E-state index contributed by atoms with van der Waals surface area (Å²) < 4.78 is 1.67. The van der Waals surface area contributed by atoms with Crippen molar-refractivity contribution in [3.8, 4) is 11.1 Å². The Morgan fingerprint density at radius 2 is 2.27 bits per heavy atom. The number of nitrogen functional groups attached to an aromatic ring is 1. The van der Waals surface area contributed by atoms with Crippen molar-refractivity contribution >= 4 is 17.2 Å². The van der Waals surface area contributed by atoms with E-state index in [-0.39, 0.29) is 6.04 Å². The number of H-pyrrole nitrogens is 1. The quantitative estimate of drug-likeness (QED) is 0.483. The van der Waals surface area contributed by atoms with Crippen LogP contribution < -0.4 is 11.1 Å². The molecule has 3 aromatic heterocycles. The molecule has 0 unspecified atom stereocenters. The smallest absolute Gasteiger partial charge is 0.165 e. The summed E-state index contributed by atoms with van der Waals surface area (Å²) in [6.07, 6.45) is 7.33. The molecule has 0 amide bonds. The second-order valence-corrected chi connectivity index (χ2v) is 6.54. The average Bonchev–Trinajstić information content (AvgIpc) is 3.31. The van der Waals surface area contributed by atoms with Gasteiger partial charge in [0.2, 0.25) is 0 Å². The molecule has 1 saturated heterocycles. The van der Waals surface area contributed by atoms with Crippen molar-refractivity contribution in [3.05, 3.63) is 30.4 Å². The van der Waals surface area contributed by atoms with E-state index >= 15 is 0 Å². The summed E-state index contributed by atoms with van der Waals surface area (Å²) in [4.78, 5) is 9.74. The van der Waals surface area contributed by atoms with Crippen LogP contribution in [-0.2, 0) is 4.84 Å². The lowest BCUT2D eigenvalue weighted by Gasteiger charge is -2.29. The Balaban J connectivity index is 1.62. The molecule has 0 aromatic carbocycles. The lowest BCUT2D eigenvalue weighted by atomic mass is 9.90. The minimum Gasteiger partial charge on any atom is -0.399 e. The maximum atomic E-state index is 6.23. The third kappa shape index (κ3) is 2.90. The predicted molar refractivity (Wildman–Crippen MR) is 98.9 cm³/mol. The topological polar surface area (TPSA) is 119 Å². The van der Waals surface area contributed by atoms with Crippen LogP contribution in [0.15, 0.2) is 29.8 Å². The average molecular weight is 354 g/mol. The maximum absolute atomic E-state index is 6.23. The zero-order chi connectivity index (χ0) is 18.1. The van der Waals surface area contributed by atoms with E-state index < -0.39 is 0 Å². The Morgan fingerprint density at radius 3 is 2.96 bits per heavy atom. The van der Waals surface area contributed by atoms with Crippen LogP contribution in [0.5, 0.6) is 0 Å². The highest BCUT2D eigenvalue weighted by atomic mass is 16.6. The molecule has 9 heteroatoms. The summed E-state index contributed by atoms with van der Waals surface area (Å²) in [5.41, 5.74) is 10.8. The van der Waals surface area contributed by atoms with Gasteiger partial charge in [-0.2, -0.15) is 14.7 Å². The first-order chi connectivity index (χ1) is 12.7. The van der Waals surface area contributed by atoms with Gasteiger partial charge in [0.1, 0.15) is 12.9 Å². The summed E-state index contributed by atoms with van der Waals surface area (Å²) in [7, 11) is 1.57. The molecule has 0 spiro atoms. The monoisotopic (exact) mass is 354 g/mol. The SMILES string of the molecule is CO/N=C(\C)[C@@H]1CC[C@H](c2cc(N)n3ncc(-c4cn[nH]c4)c3n2)CN1. The molecule has 4 N–H and O–H groups in total. The molecule has 3 aromatic rings. The van der Waals surface area contributed by atoms with Gasteiger partial charge in [-0.15, -0.1) is 0 Å². The zero-order valence-corrected chi connectivity index (χ0v) is 14.8. The second kappa shape index (κ2) is 6.75. The Hall–Kier alpha value is -2.94. The highest BCUT2D eigenvalue weighted by Gasteiger charge is 2.26. The van der Waals surface area contributed by atoms with Gasteiger partial charge >= 0.3 is 0 Å². The number of nitrogens with zero attached hydrogens (tertiary/aromatic N) is 5. The first-order valence-corrected chi connectivity index (χ1v) is 8.61. The standard InChI is InChI=1S/C17H22N8O/c1-10(24-26-2)14-4-3-11(6-19-14)15-5-16(18)25-17(23-15)13(9-22-25)12-7-20-21-8-12/h5,7-9,11,14,19H,3-4,6,18H2,1-2H3,(H,20,21)/b24-10+/t11-,14-/m0/s1. The molecule has 26 heavy (non-hydrogen) atoms. The van der Waals surface area contributed by atoms with Crippen molar-refractivity contribution in [1.29, 1.82) is 0 Å². The van der Waals surface area contributed by atoms with Crippen LogP contribution in [-0.4, -0.2) is 50.2 Å². The number of anilines is 1. The molecule has 0 saturated carbocycles. The predicted octanol–water partition coefficient (Wildman–Crippen LogP) is 1.56. The van der Waals surface area contributed by atoms with E-state index in [0.717, 1.165) is 47.6 Å². The van der Waals surface area contributed by atoms with Gasteiger partial charge < -0.3 is 15.9 Å². The largest absolute Gasteiger partial charge is 0.399 e. The minimum atomic E-state index is 0.240. The van der Waals surface area contributed by atoms with Crippen molar-refractivity contribution in [2.75, 3.05) is 19.4 Å². The summed E-state index contributed by atoms with van der Waals surface area (Å²) >= 11 is 0. The number of nitrogens with two attached hydrogens (primary N) is 1. The maximum Gasteiger partial charge on any atom is 0.165 e. The highest BCUT2D eigenvalue weighted by Crippen LogP contribution is 2.29. The van der Waals surface area contributed by atoms with Crippen LogP contribution in [0.1, 0.15) is 31.4 Å². The third-order valence-electron chi connectivity index (χ3n) is 4.90. The molecule has 0 radical (unpaired) electrons. The molecule has 9 nitrogen and oxygen atoms in total. The first kappa shape index (κ1) is 16.5. The van der Waals surface area contributed by atoms with Crippen LogP contribution in [0.3, 0.4) is 0 Å². The third-order valence-corrected chi connectivity index (χ3v) is 4.90. The summed E-state index contributed by atoms with van der Waals surface area (Å²) in [6, 6.07) is 2.16. The van der Waals surface area contributed by atoms with Gasteiger partial charge in [-0.05, 0) is 19.8 Å². The summed E-state index contributed by atoms with van der Waals surface area (Å²) in [5, 5.41) is 18.7. The molecule has 4 heterocycles. The molecule has 0 bridgehead atoms. The van der Waals surface area contributed by atoms with Gasteiger partial charge in [-0.25, -0.2) is 4.98 Å². The number of nitrogens with one attached hydrogen (secondary N) is 2. The Labute approximate surface area is 150 Å². The van der Waals surface area contributed by atoms with Gasteiger partial charge in [0.25, 0.3) is 0 Å². The Bertz CT molecular complexity index is 922. The van der Waals surface area contributed by atoms with E-state index in [1.165, 1.54) is 0 Å². The van der Waals surface area contributed by atoms with Gasteiger partial charge in [0.05, 0.1) is 23.8 Å². The molecular formula is C17H22N8O. The van der Waals surface area contributed by atoms with Crippen molar-refractivity contribution in [3.63, 3.8) is 0 Å². The van der Waals surface area contributed by atoms with Gasteiger partial charge in [0, 0.05) is 41.9 Å². The van der Waals surface area contributed by atoms with Crippen LogP contribution in [0.25, 0.3) is 16.8 Å². The minimum absolute atomic E-state index is 0.240. The van der Waals surface area contributed by atoms with Gasteiger partial charge in [0.15, 0.2) is 5.65 Å². The number of hydrogen-bond acceptors (Lipinski definition) is 7. The van der Waals surface area contributed by atoms with Gasteiger partial charge in [-0.3, -0.25) is 5.10 Å². The van der Waals surface area contributed by atoms with Crippen molar-refractivity contribution in [1.82, 2.24) is 30.1 Å². The Kier molecular flexibility index (Phi) is 4.29. The van der Waals surface area contributed by atoms with E-state index in [1.54, 1.807) is 24.0 Å². The Morgan fingerprint density at radius 1 is 1.38 bits per heavy atom. The van der Waals surface area contributed by atoms with Crippen molar-refractivity contribution in [2.45, 2.75) is 31.7 Å². The highest BCUT2D eigenvalue weighted by molar-refractivity contribution is 5.86. The molecule has 1 fully saturated rings. The molecular weight excluding hydrogens is 332 g/mol. The lowest BCUT2D eigenvalue weighted by Crippen LogP contribution is -2.42. The molecule has 1 aliphatic rings. The summed E-state index contributed by atoms with van der Waals surface area (Å²) in [6.45, 7) is 2.80. The fraction of sp³-hybridized carbons (Fsp3) is 0.412. The number of fused-ring (bicyclic) bond motifs is 1. The molecule has 1 aliphatic heterocycles. The molecule has 4 rings (SSSR count). The van der Waals surface area contributed by atoms with Crippen LogP contribution in [0.2, 0.25) is 0 Å². The van der Waals surface area contributed by atoms with E-state index in [4.69, 9.17) is 15.6 Å². The van der Waals surface area contributed by atoms with E-state index in [9.17, 15) is 0 Å². The van der Waals surface area contributed by atoms with Crippen LogP contribution >= 0.6 is 0 Å². The lowest BCUT2D eigenvalue weighted by molar-refractivity contribution is 0.210. The number of aromatic amines is 1. The van der Waals surface area contributed by atoms with Gasteiger partial charge in [-0.1, -0.05) is 5.16 Å². The van der Waals surface area contributed by atoms with Crippen LogP contribution in [0, 0.1) is 0 Å². The normalized spacial score (nSPS) is 21.2. The van der Waals surface area contributed by atoms with Crippen molar-refractivity contribution < 1.29 is 4.84 Å². The molecule has 0 aliphatic carbocycles. The van der Waals surface area contributed by atoms with E-state index in [1.807, 2.05) is 19.2 Å². The van der Waals surface area contributed by atoms with Crippen molar-refractivity contribution in [2.24, 2.45) is 5.16 Å². The van der Waals surface area contributed by atoms with E-state index in [0.29, 0.717) is 11.7 Å². The van der Waals surface area contributed by atoms with Crippen LogP contribution in [0.4, 0.5) is 5.82 Å². The zero-order valence-electron chi connectivity index (χ0n) is 14.8. The number of piperidine rings is 1. The first-order valence-electron chi connectivity index (χ1n) is 8.61. The number of rotatable bonds is 4. The molecule has 2 atom stereocenters. The fourth-order valence-electron chi connectivity index (χ4n) is 3.49. The fourth-order valence-corrected chi connectivity index (χ4v) is 3.49. The number of oxime groups is 1. The molecule has 136 valence electrons.